The molecule has 20 heavy (non-hydrogen) atoms. The van der Waals surface area contributed by atoms with Crippen LogP contribution < -0.4 is 10.6 Å². The molecule has 7 heteroatoms. The lowest BCUT2D eigenvalue weighted by Gasteiger charge is -2.20. The lowest BCUT2D eigenvalue weighted by molar-refractivity contribution is 0.0694. The Bertz CT molecular complexity index is 510. The van der Waals surface area contributed by atoms with E-state index in [1.165, 1.54) is 18.2 Å². The van der Waals surface area contributed by atoms with Gasteiger partial charge in [-0.15, -0.1) is 0 Å². The van der Waals surface area contributed by atoms with Gasteiger partial charge in [-0.2, -0.15) is 0 Å². The van der Waals surface area contributed by atoms with Crippen LogP contribution in [0.25, 0.3) is 0 Å². The third-order valence-electron chi connectivity index (χ3n) is 3.11. The van der Waals surface area contributed by atoms with E-state index in [4.69, 9.17) is 5.11 Å². The number of benzene rings is 1. The lowest BCUT2D eigenvalue weighted by atomic mass is 10.2. The minimum absolute atomic E-state index is 0.193. The molecule has 0 radical (unpaired) electrons. The summed E-state index contributed by atoms with van der Waals surface area (Å²) >= 11 is 0. The van der Waals surface area contributed by atoms with Gasteiger partial charge in [0.15, 0.2) is 0 Å². The molecule has 0 aromatic heterocycles. The Kier molecular flexibility index (Phi) is 4.41. The summed E-state index contributed by atoms with van der Waals surface area (Å²) in [7, 11) is 0. The van der Waals surface area contributed by atoms with Crippen molar-refractivity contribution < 1.29 is 19.8 Å². The molecule has 1 aromatic rings. The molecular formula is C13H17N3O4. The maximum Gasteiger partial charge on any atom is 0.339 e. The third-order valence-corrected chi connectivity index (χ3v) is 3.11. The van der Waals surface area contributed by atoms with Crippen LogP contribution >= 0.6 is 0 Å². The average molecular weight is 279 g/mol. The van der Waals surface area contributed by atoms with Gasteiger partial charge in [0.05, 0.1) is 0 Å². The van der Waals surface area contributed by atoms with Gasteiger partial charge < -0.3 is 25.7 Å². The summed E-state index contributed by atoms with van der Waals surface area (Å²) in [5.74, 6) is -1.58. The highest BCUT2D eigenvalue weighted by Crippen LogP contribution is 2.22. The van der Waals surface area contributed by atoms with E-state index >= 15 is 0 Å². The Balaban J connectivity index is 2.03. The summed E-state index contributed by atoms with van der Waals surface area (Å²) in [6.07, 6.45) is 0.886. The Morgan fingerprint density at radius 1 is 1.25 bits per heavy atom. The van der Waals surface area contributed by atoms with Crippen molar-refractivity contribution in [3.8, 4) is 5.75 Å². The van der Waals surface area contributed by atoms with Crippen molar-refractivity contribution in [2.75, 3.05) is 31.5 Å². The smallest absolute Gasteiger partial charge is 0.339 e. The SMILES string of the molecule is O=C(O)c1ccc(NC(=O)N2CCCNCC2)cc1O. The zero-order valence-corrected chi connectivity index (χ0v) is 10.9. The van der Waals surface area contributed by atoms with Gasteiger partial charge in [0.25, 0.3) is 0 Å². The number of carbonyl (C=O) groups is 2. The lowest BCUT2D eigenvalue weighted by Crippen LogP contribution is -2.37. The van der Waals surface area contributed by atoms with Gasteiger partial charge in [0, 0.05) is 31.4 Å². The molecule has 0 aliphatic carbocycles. The standard InChI is InChI=1S/C13H17N3O4/c17-11-8-9(2-3-10(11)12(18)19)15-13(20)16-6-1-4-14-5-7-16/h2-3,8,14,17H,1,4-7H2,(H,15,20)(H,18,19). The first kappa shape index (κ1) is 14.1. The highest BCUT2D eigenvalue weighted by atomic mass is 16.4. The van der Waals surface area contributed by atoms with Crippen molar-refractivity contribution in [2.24, 2.45) is 0 Å². The maximum atomic E-state index is 12.0. The monoisotopic (exact) mass is 279 g/mol. The van der Waals surface area contributed by atoms with Crippen LogP contribution in [0.4, 0.5) is 10.5 Å². The van der Waals surface area contributed by atoms with E-state index in [1.54, 1.807) is 4.90 Å². The number of nitrogens with zero attached hydrogens (tertiary/aromatic N) is 1. The van der Waals surface area contributed by atoms with Crippen LogP contribution in [0.15, 0.2) is 18.2 Å². The summed E-state index contributed by atoms with van der Waals surface area (Å²) in [5, 5.41) is 24.2. The van der Waals surface area contributed by atoms with Gasteiger partial charge in [-0.05, 0) is 25.1 Å². The molecule has 1 aromatic carbocycles. The molecule has 0 saturated carbocycles. The van der Waals surface area contributed by atoms with E-state index in [0.29, 0.717) is 18.8 Å². The van der Waals surface area contributed by atoms with Crippen molar-refractivity contribution in [1.82, 2.24) is 10.2 Å². The Hall–Kier alpha value is -2.28. The average Bonchev–Trinajstić information content (AvgIpc) is 2.67. The first-order chi connectivity index (χ1) is 9.58. The minimum atomic E-state index is -1.21. The fourth-order valence-corrected chi connectivity index (χ4v) is 2.04. The number of urea groups is 1. The predicted octanol–water partition coefficient (Wildman–Crippen LogP) is 0.918. The highest BCUT2D eigenvalue weighted by molar-refractivity contribution is 5.93. The quantitative estimate of drug-likeness (QED) is 0.644. The molecule has 2 rings (SSSR count). The molecule has 1 heterocycles. The third kappa shape index (κ3) is 3.39. The first-order valence-corrected chi connectivity index (χ1v) is 6.41. The number of rotatable bonds is 2. The van der Waals surface area contributed by atoms with Crippen LogP contribution in [-0.4, -0.2) is 53.3 Å². The summed E-state index contributed by atoms with van der Waals surface area (Å²) in [4.78, 5) is 24.5. The van der Waals surface area contributed by atoms with Crippen molar-refractivity contribution in [2.45, 2.75) is 6.42 Å². The van der Waals surface area contributed by atoms with E-state index in [-0.39, 0.29) is 17.3 Å². The van der Waals surface area contributed by atoms with Gasteiger partial charge in [-0.1, -0.05) is 0 Å². The Morgan fingerprint density at radius 3 is 2.75 bits per heavy atom. The molecule has 1 saturated heterocycles. The fraction of sp³-hybridized carbons (Fsp3) is 0.385. The zero-order valence-electron chi connectivity index (χ0n) is 10.9. The molecule has 1 aliphatic heterocycles. The number of carboxylic acids is 1. The molecule has 4 N–H and O–H groups in total. The van der Waals surface area contributed by atoms with Crippen LogP contribution in [0.5, 0.6) is 5.75 Å². The molecule has 0 unspecified atom stereocenters. The second kappa shape index (κ2) is 6.25. The highest BCUT2D eigenvalue weighted by Gasteiger charge is 2.16. The number of hydrogen-bond acceptors (Lipinski definition) is 4. The molecule has 0 spiro atoms. The van der Waals surface area contributed by atoms with Crippen molar-refractivity contribution in [1.29, 1.82) is 0 Å². The van der Waals surface area contributed by atoms with E-state index in [0.717, 1.165) is 19.5 Å². The maximum absolute atomic E-state index is 12.0. The van der Waals surface area contributed by atoms with Crippen molar-refractivity contribution >= 4 is 17.7 Å². The number of carbonyl (C=O) groups excluding carboxylic acids is 1. The van der Waals surface area contributed by atoms with Gasteiger partial charge in [0.1, 0.15) is 11.3 Å². The van der Waals surface area contributed by atoms with Gasteiger partial charge in [-0.25, -0.2) is 9.59 Å². The number of anilines is 1. The normalized spacial score (nSPS) is 15.5. The van der Waals surface area contributed by atoms with Gasteiger partial charge >= 0.3 is 12.0 Å². The van der Waals surface area contributed by atoms with E-state index in [9.17, 15) is 14.7 Å². The fourth-order valence-electron chi connectivity index (χ4n) is 2.04. The summed E-state index contributed by atoms with van der Waals surface area (Å²) < 4.78 is 0. The van der Waals surface area contributed by atoms with Crippen LogP contribution in [-0.2, 0) is 0 Å². The number of hydrogen-bond donors (Lipinski definition) is 4. The second-order valence-electron chi connectivity index (χ2n) is 4.56. The van der Waals surface area contributed by atoms with Crippen LogP contribution in [0.2, 0.25) is 0 Å². The van der Waals surface area contributed by atoms with Gasteiger partial charge in [0.2, 0.25) is 0 Å². The molecule has 0 bridgehead atoms. The van der Waals surface area contributed by atoms with Crippen molar-refractivity contribution in [3.63, 3.8) is 0 Å². The predicted molar refractivity (Wildman–Crippen MR) is 73.1 cm³/mol. The molecule has 1 fully saturated rings. The Morgan fingerprint density at radius 2 is 2.05 bits per heavy atom. The first-order valence-electron chi connectivity index (χ1n) is 6.41. The number of aromatic carboxylic acids is 1. The van der Waals surface area contributed by atoms with Crippen molar-refractivity contribution in [3.05, 3.63) is 23.8 Å². The van der Waals surface area contributed by atoms with Crippen LogP contribution in [0.1, 0.15) is 16.8 Å². The molecular weight excluding hydrogens is 262 g/mol. The number of nitrogens with one attached hydrogen (secondary N) is 2. The second-order valence-corrected chi connectivity index (χ2v) is 4.56. The van der Waals surface area contributed by atoms with Crippen LogP contribution in [0.3, 0.4) is 0 Å². The number of aromatic hydroxyl groups is 1. The topological polar surface area (TPSA) is 102 Å². The van der Waals surface area contributed by atoms with E-state index < -0.39 is 5.97 Å². The molecule has 7 nitrogen and oxygen atoms in total. The summed E-state index contributed by atoms with van der Waals surface area (Å²) in [6.45, 7) is 2.91. The summed E-state index contributed by atoms with van der Waals surface area (Å²) in [6, 6.07) is 3.70. The molecule has 0 atom stereocenters. The zero-order chi connectivity index (χ0) is 14.5. The molecule has 2 amide bonds. The summed E-state index contributed by atoms with van der Waals surface area (Å²) in [5.41, 5.74) is 0.177. The number of phenols is 1. The number of amides is 2. The van der Waals surface area contributed by atoms with E-state index in [2.05, 4.69) is 10.6 Å². The largest absolute Gasteiger partial charge is 0.507 e. The Labute approximate surface area is 116 Å². The van der Waals surface area contributed by atoms with Gasteiger partial charge in [-0.3, -0.25) is 0 Å². The molecule has 108 valence electrons. The number of carboxylic acid groups (broad SMARTS) is 1. The van der Waals surface area contributed by atoms with Crippen LogP contribution in [0, 0.1) is 0 Å². The molecule has 1 aliphatic rings. The van der Waals surface area contributed by atoms with E-state index in [1.807, 2.05) is 0 Å². The minimum Gasteiger partial charge on any atom is -0.507 e.